The Bertz CT molecular complexity index is 646. The van der Waals surface area contributed by atoms with E-state index in [9.17, 15) is 4.79 Å². The predicted molar refractivity (Wildman–Crippen MR) is 75.2 cm³/mol. The van der Waals surface area contributed by atoms with Crippen molar-refractivity contribution in [1.82, 2.24) is 4.98 Å². The molecule has 0 aliphatic heterocycles. The fourth-order valence-corrected chi connectivity index (χ4v) is 2.15. The smallest absolute Gasteiger partial charge is 0.341 e. The highest BCUT2D eigenvalue weighted by atomic mass is 79.9. The van der Waals surface area contributed by atoms with Crippen LogP contribution in [0.1, 0.15) is 16.1 Å². The second kappa shape index (κ2) is 5.59. The third kappa shape index (κ3) is 3.24. The highest BCUT2D eigenvalue weighted by molar-refractivity contribution is 9.10. The van der Waals surface area contributed by atoms with Crippen molar-refractivity contribution in [2.75, 3.05) is 0 Å². The number of carbonyl (C=O) groups is 1. The molecule has 0 saturated carbocycles. The number of aromatic nitrogens is 1. The molecule has 0 unspecified atom stereocenters. The fraction of sp³-hybridized carbons (Fsp3) is 0.0769. The summed E-state index contributed by atoms with van der Waals surface area (Å²) in [6, 6.07) is 8.11. The minimum Gasteiger partial charge on any atom is -0.477 e. The molecule has 0 aliphatic rings. The Morgan fingerprint density at radius 2 is 2.11 bits per heavy atom. The Morgan fingerprint density at radius 3 is 2.74 bits per heavy atom. The van der Waals surface area contributed by atoms with Crippen LogP contribution in [0.5, 0.6) is 11.6 Å². The Kier molecular flexibility index (Phi) is 4.07. The minimum absolute atomic E-state index is 0.00964. The van der Waals surface area contributed by atoms with Crippen LogP contribution in [0.25, 0.3) is 0 Å². The van der Waals surface area contributed by atoms with Gasteiger partial charge in [-0.1, -0.05) is 27.5 Å². The summed E-state index contributed by atoms with van der Waals surface area (Å²) in [5, 5.41) is 9.46. The quantitative estimate of drug-likeness (QED) is 0.903. The number of carboxylic acids is 1. The Morgan fingerprint density at radius 1 is 1.37 bits per heavy atom. The van der Waals surface area contributed by atoms with Gasteiger partial charge in [-0.25, -0.2) is 9.78 Å². The molecule has 1 heterocycles. The van der Waals surface area contributed by atoms with Crippen molar-refractivity contribution in [2.24, 2.45) is 0 Å². The van der Waals surface area contributed by atoms with Gasteiger partial charge in [0.05, 0.1) is 5.02 Å². The molecule has 19 heavy (non-hydrogen) atoms. The van der Waals surface area contributed by atoms with Gasteiger partial charge >= 0.3 is 5.97 Å². The van der Waals surface area contributed by atoms with E-state index in [0.29, 0.717) is 16.5 Å². The highest BCUT2D eigenvalue weighted by Gasteiger charge is 2.15. The molecule has 0 fully saturated rings. The molecule has 1 aromatic heterocycles. The van der Waals surface area contributed by atoms with E-state index < -0.39 is 5.97 Å². The zero-order valence-electron chi connectivity index (χ0n) is 9.85. The lowest BCUT2D eigenvalue weighted by molar-refractivity contribution is 0.0693. The molecule has 0 amide bonds. The normalized spacial score (nSPS) is 10.3. The van der Waals surface area contributed by atoms with Gasteiger partial charge in [0.15, 0.2) is 0 Å². The SMILES string of the molecule is Cc1ccc(C(=O)O)c(Oc2ccc(Br)cc2Cl)n1. The van der Waals surface area contributed by atoms with Crippen molar-refractivity contribution in [1.29, 1.82) is 0 Å². The number of ether oxygens (including phenoxy) is 1. The number of benzene rings is 1. The molecule has 2 aromatic rings. The lowest BCUT2D eigenvalue weighted by atomic mass is 10.2. The van der Waals surface area contributed by atoms with Gasteiger partial charge in [0.2, 0.25) is 5.88 Å². The summed E-state index contributed by atoms with van der Waals surface area (Å²) in [5.41, 5.74) is 0.651. The van der Waals surface area contributed by atoms with Crippen molar-refractivity contribution in [3.8, 4) is 11.6 Å². The van der Waals surface area contributed by atoms with Crippen LogP contribution in [0.3, 0.4) is 0 Å². The molecular formula is C13H9BrClNO3. The van der Waals surface area contributed by atoms with Crippen LogP contribution in [0.15, 0.2) is 34.8 Å². The number of aromatic carboxylic acids is 1. The van der Waals surface area contributed by atoms with E-state index in [4.69, 9.17) is 21.4 Å². The zero-order valence-corrected chi connectivity index (χ0v) is 12.2. The summed E-state index contributed by atoms with van der Waals surface area (Å²) in [4.78, 5) is 15.2. The Hall–Kier alpha value is -1.59. The lowest BCUT2D eigenvalue weighted by Gasteiger charge is -2.09. The number of aryl methyl sites for hydroxylation is 1. The van der Waals surface area contributed by atoms with Gasteiger partial charge < -0.3 is 9.84 Å². The van der Waals surface area contributed by atoms with Crippen LogP contribution < -0.4 is 4.74 Å². The largest absolute Gasteiger partial charge is 0.477 e. The van der Waals surface area contributed by atoms with E-state index in [2.05, 4.69) is 20.9 Å². The molecule has 1 N–H and O–H groups in total. The zero-order chi connectivity index (χ0) is 14.0. The Labute approximate surface area is 123 Å². The molecule has 0 aliphatic carbocycles. The molecule has 98 valence electrons. The van der Waals surface area contributed by atoms with Gasteiger partial charge in [0.25, 0.3) is 0 Å². The van der Waals surface area contributed by atoms with E-state index >= 15 is 0 Å². The number of hydrogen-bond donors (Lipinski definition) is 1. The molecule has 0 atom stereocenters. The van der Waals surface area contributed by atoms with Gasteiger partial charge in [-0.2, -0.15) is 0 Å². The second-order valence-electron chi connectivity index (χ2n) is 3.79. The number of pyridine rings is 1. The minimum atomic E-state index is -1.10. The molecule has 4 nitrogen and oxygen atoms in total. The van der Waals surface area contributed by atoms with E-state index in [0.717, 1.165) is 4.47 Å². The maximum absolute atomic E-state index is 11.1. The van der Waals surface area contributed by atoms with Crippen LogP contribution in [-0.4, -0.2) is 16.1 Å². The number of nitrogens with zero attached hydrogens (tertiary/aromatic N) is 1. The third-order valence-electron chi connectivity index (χ3n) is 2.33. The molecule has 0 spiro atoms. The topological polar surface area (TPSA) is 59.4 Å². The second-order valence-corrected chi connectivity index (χ2v) is 5.11. The number of hydrogen-bond acceptors (Lipinski definition) is 3. The third-order valence-corrected chi connectivity index (χ3v) is 3.12. The summed E-state index contributed by atoms with van der Waals surface area (Å²) in [6.07, 6.45) is 0. The Balaban J connectivity index is 2.42. The first-order valence-corrected chi connectivity index (χ1v) is 6.48. The molecule has 2 rings (SSSR count). The maximum atomic E-state index is 11.1. The summed E-state index contributed by atoms with van der Waals surface area (Å²) in [6.45, 7) is 1.75. The molecule has 6 heteroatoms. The van der Waals surface area contributed by atoms with Gasteiger partial charge in [0.1, 0.15) is 11.3 Å². The van der Waals surface area contributed by atoms with Crippen LogP contribution in [0.4, 0.5) is 0 Å². The van der Waals surface area contributed by atoms with Gasteiger partial charge in [-0.15, -0.1) is 0 Å². The van der Waals surface area contributed by atoms with E-state index in [1.165, 1.54) is 6.07 Å². The molecule has 0 radical (unpaired) electrons. The van der Waals surface area contributed by atoms with E-state index in [-0.39, 0.29) is 11.4 Å². The van der Waals surface area contributed by atoms with Gasteiger partial charge in [0, 0.05) is 10.2 Å². The van der Waals surface area contributed by atoms with Crippen molar-refractivity contribution in [3.05, 3.63) is 51.1 Å². The molecule has 0 saturated heterocycles. The summed E-state index contributed by atoms with van der Waals surface area (Å²) in [7, 11) is 0. The van der Waals surface area contributed by atoms with E-state index in [1.54, 1.807) is 31.2 Å². The number of carboxylic acid groups (broad SMARTS) is 1. The summed E-state index contributed by atoms with van der Waals surface area (Å²) >= 11 is 9.30. The number of rotatable bonds is 3. The van der Waals surface area contributed by atoms with Crippen molar-refractivity contribution in [3.63, 3.8) is 0 Å². The maximum Gasteiger partial charge on any atom is 0.341 e. The van der Waals surface area contributed by atoms with Crippen LogP contribution in [-0.2, 0) is 0 Å². The van der Waals surface area contributed by atoms with Crippen LogP contribution in [0, 0.1) is 6.92 Å². The molecule has 1 aromatic carbocycles. The fourth-order valence-electron chi connectivity index (χ4n) is 1.44. The lowest BCUT2D eigenvalue weighted by Crippen LogP contribution is -2.03. The first-order valence-electron chi connectivity index (χ1n) is 5.31. The average Bonchev–Trinajstić information content (AvgIpc) is 2.32. The predicted octanol–water partition coefficient (Wildman–Crippen LogP) is 4.30. The average molecular weight is 343 g/mol. The van der Waals surface area contributed by atoms with Gasteiger partial charge in [-0.3, -0.25) is 0 Å². The van der Waals surface area contributed by atoms with Crippen LogP contribution in [0.2, 0.25) is 5.02 Å². The highest BCUT2D eigenvalue weighted by Crippen LogP contribution is 2.32. The number of halogens is 2. The standard InChI is InChI=1S/C13H9BrClNO3/c1-7-2-4-9(13(17)18)12(16-7)19-11-5-3-8(14)6-10(11)15/h2-6H,1H3,(H,17,18). The van der Waals surface area contributed by atoms with Crippen molar-refractivity contribution < 1.29 is 14.6 Å². The molecular weight excluding hydrogens is 334 g/mol. The summed E-state index contributed by atoms with van der Waals surface area (Å²) in [5.74, 6) is -0.724. The van der Waals surface area contributed by atoms with Crippen molar-refractivity contribution >= 4 is 33.5 Å². The first kappa shape index (κ1) is 13.8. The monoisotopic (exact) mass is 341 g/mol. The van der Waals surface area contributed by atoms with Crippen LogP contribution >= 0.6 is 27.5 Å². The van der Waals surface area contributed by atoms with E-state index in [1.807, 2.05) is 0 Å². The van der Waals surface area contributed by atoms with Gasteiger partial charge in [-0.05, 0) is 37.3 Å². The first-order chi connectivity index (χ1) is 8.97. The van der Waals surface area contributed by atoms with Crippen molar-refractivity contribution in [2.45, 2.75) is 6.92 Å². The summed E-state index contributed by atoms with van der Waals surface area (Å²) < 4.78 is 6.30. The molecule has 0 bridgehead atoms.